The van der Waals surface area contributed by atoms with Crippen LogP contribution in [0, 0.1) is 5.92 Å². The molecular formula is C23H27N3O3. The lowest BCUT2D eigenvalue weighted by atomic mass is 9.99. The van der Waals surface area contributed by atoms with Crippen molar-refractivity contribution in [3.05, 3.63) is 54.1 Å². The van der Waals surface area contributed by atoms with Crippen LogP contribution in [0.5, 0.6) is 0 Å². The second-order valence-corrected chi connectivity index (χ2v) is 7.63. The van der Waals surface area contributed by atoms with Gasteiger partial charge in [0.25, 0.3) is 0 Å². The summed E-state index contributed by atoms with van der Waals surface area (Å²) in [5.74, 6) is -0.116. The number of carbonyl (C=O) groups is 3. The maximum Gasteiger partial charge on any atom is 0.233 e. The molecule has 6 nitrogen and oxygen atoms in total. The van der Waals surface area contributed by atoms with Gasteiger partial charge < -0.3 is 15.5 Å². The molecule has 1 heterocycles. The number of carbonyl (C=O) groups excluding carboxylic acids is 3. The second kappa shape index (κ2) is 9.37. The van der Waals surface area contributed by atoms with Crippen molar-refractivity contribution in [3.63, 3.8) is 0 Å². The molecule has 2 amide bonds. The van der Waals surface area contributed by atoms with E-state index < -0.39 is 5.91 Å². The summed E-state index contributed by atoms with van der Waals surface area (Å²) in [6.07, 6.45) is 2.10. The molecule has 6 heteroatoms. The fourth-order valence-corrected chi connectivity index (χ4v) is 3.39. The molecule has 0 unspecified atom stereocenters. The van der Waals surface area contributed by atoms with E-state index in [0.29, 0.717) is 16.9 Å². The molecule has 1 fully saturated rings. The van der Waals surface area contributed by atoms with E-state index in [1.54, 1.807) is 24.3 Å². The third-order valence-corrected chi connectivity index (χ3v) is 5.17. The zero-order valence-corrected chi connectivity index (χ0v) is 16.9. The topological polar surface area (TPSA) is 78.5 Å². The predicted molar refractivity (Wildman–Crippen MR) is 115 cm³/mol. The molecule has 2 aromatic carbocycles. The first-order chi connectivity index (χ1) is 13.9. The first kappa shape index (κ1) is 20.6. The summed E-state index contributed by atoms with van der Waals surface area (Å²) in [6.45, 7) is 5.85. The molecule has 0 aromatic heterocycles. The monoisotopic (exact) mass is 393 g/mol. The number of benzene rings is 2. The Hall–Kier alpha value is -3.15. The van der Waals surface area contributed by atoms with E-state index in [1.807, 2.05) is 24.3 Å². The van der Waals surface area contributed by atoms with E-state index in [4.69, 9.17) is 0 Å². The summed E-state index contributed by atoms with van der Waals surface area (Å²) in [6, 6.07) is 14.4. The van der Waals surface area contributed by atoms with Crippen LogP contribution in [0.15, 0.2) is 48.5 Å². The lowest BCUT2D eigenvalue weighted by Crippen LogP contribution is -2.32. The van der Waals surface area contributed by atoms with E-state index in [1.165, 1.54) is 19.8 Å². The number of rotatable bonds is 6. The zero-order chi connectivity index (χ0) is 20.8. The van der Waals surface area contributed by atoms with Crippen LogP contribution >= 0.6 is 0 Å². The highest BCUT2D eigenvalue weighted by molar-refractivity contribution is 6.08. The number of amides is 2. The molecule has 2 aromatic rings. The van der Waals surface area contributed by atoms with E-state index >= 15 is 0 Å². The van der Waals surface area contributed by atoms with Crippen LogP contribution in [0.1, 0.15) is 43.5 Å². The van der Waals surface area contributed by atoms with Crippen molar-refractivity contribution in [3.8, 4) is 0 Å². The van der Waals surface area contributed by atoms with Gasteiger partial charge in [0.05, 0.1) is 0 Å². The Morgan fingerprint density at radius 3 is 2.17 bits per heavy atom. The summed E-state index contributed by atoms with van der Waals surface area (Å²) in [5, 5.41) is 5.40. The Morgan fingerprint density at radius 2 is 1.55 bits per heavy atom. The minimum Gasteiger partial charge on any atom is -0.372 e. The van der Waals surface area contributed by atoms with E-state index in [9.17, 15) is 14.4 Å². The van der Waals surface area contributed by atoms with Gasteiger partial charge in [0.2, 0.25) is 11.8 Å². The molecule has 1 saturated heterocycles. The van der Waals surface area contributed by atoms with Gasteiger partial charge in [0.15, 0.2) is 5.78 Å². The van der Waals surface area contributed by atoms with Crippen LogP contribution in [-0.4, -0.2) is 30.7 Å². The number of ketones is 1. The molecule has 0 spiro atoms. The van der Waals surface area contributed by atoms with Crippen molar-refractivity contribution in [2.75, 3.05) is 28.6 Å². The summed E-state index contributed by atoms with van der Waals surface area (Å²) in [7, 11) is 0. The van der Waals surface area contributed by atoms with Gasteiger partial charge in [-0.2, -0.15) is 0 Å². The molecule has 152 valence electrons. The van der Waals surface area contributed by atoms with Gasteiger partial charge in [0.1, 0.15) is 6.42 Å². The van der Waals surface area contributed by atoms with E-state index in [0.717, 1.165) is 24.7 Å². The number of nitrogens with zero attached hydrogens (tertiary/aromatic N) is 1. The molecule has 0 radical (unpaired) electrons. The van der Waals surface area contributed by atoms with Gasteiger partial charge in [-0.05, 0) is 62.1 Å². The Morgan fingerprint density at radius 1 is 0.931 bits per heavy atom. The standard InChI is InChI=1S/C23H27N3O3/c1-16-10-12-26(13-11-16)21-8-6-19(7-9-21)24-22(28)15-23(29)25-20-5-3-4-18(14-20)17(2)27/h3-9,14,16H,10-13,15H2,1-2H3,(H,24,28)(H,25,29). The quantitative estimate of drug-likeness (QED) is 0.572. The number of nitrogens with one attached hydrogen (secondary N) is 2. The number of hydrogen-bond acceptors (Lipinski definition) is 4. The van der Waals surface area contributed by atoms with Gasteiger partial charge in [0, 0.05) is 35.7 Å². The average molecular weight is 393 g/mol. The smallest absolute Gasteiger partial charge is 0.233 e. The van der Waals surface area contributed by atoms with Crippen molar-refractivity contribution in [2.24, 2.45) is 5.92 Å². The summed E-state index contributed by atoms with van der Waals surface area (Å²) >= 11 is 0. The van der Waals surface area contributed by atoms with Crippen molar-refractivity contribution >= 4 is 34.7 Å². The predicted octanol–water partition coefficient (Wildman–Crippen LogP) is 4.09. The van der Waals surface area contributed by atoms with Gasteiger partial charge in [-0.25, -0.2) is 0 Å². The molecule has 0 bridgehead atoms. The first-order valence-electron chi connectivity index (χ1n) is 9.96. The Bertz CT molecular complexity index is 884. The SMILES string of the molecule is CC(=O)c1cccc(NC(=O)CC(=O)Nc2ccc(N3CCC(C)CC3)cc2)c1. The van der Waals surface area contributed by atoms with Crippen LogP contribution in [0.2, 0.25) is 0 Å². The molecule has 29 heavy (non-hydrogen) atoms. The number of anilines is 3. The van der Waals surface area contributed by atoms with Gasteiger partial charge in [-0.3, -0.25) is 14.4 Å². The Balaban J connectivity index is 1.50. The normalized spacial score (nSPS) is 14.3. The van der Waals surface area contributed by atoms with Crippen molar-refractivity contribution in [1.82, 2.24) is 0 Å². The highest BCUT2D eigenvalue weighted by Crippen LogP contribution is 2.24. The van der Waals surface area contributed by atoms with E-state index in [-0.39, 0.29) is 18.1 Å². The zero-order valence-electron chi connectivity index (χ0n) is 16.9. The van der Waals surface area contributed by atoms with Crippen molar-refractivity contribution in [1.29, 1.82) is 0 Å². The molecule has 1 aliphatic heterocycles. The second-order valence-electron chi connectivity index (χ2n) is 7.63. The minimum absolute atomic E-state index is 0.0821. The fourth-order valence-electron chi connectivity index (χ4n) is 3.39. The molecule has 2 N–H and O–H groups in total. The van der Waals surface area contributed by atoms with E-state index in [2.05, 4.69) is 22.5 Å². The Labute approximate surface area is 171 Å². The lowest BCUT2D eigenvalue weighted by Gasteiger charge is -2.32. The van der Waals surface area contributed by atoms with Gasteiger partial charge in [-0.15, -0.1) is 0 Å². The third-order valence-electron chi connectivity index (χ3n) is 5.17. The molecule has 0 aliphatic carbocycles. The summed E-state index contributed by atoms with van der Waals surface area (Å²) < 4.78 is 0. The Kier molecular flexibility index (Phi) is 6.65. The number of hydrogen-bond donors (Lipinski definition) is 2. The van der Waals surface area contributed by atoms with Crippen molar-refractivity contribution in [2.45, 2.75) is 33.1 Å². The molecule has 0 saturated carbocycles. The number of Topliss-reactive ketones (excluding diaryl/α,β-unsaturated/α-hetero) is 1. The maximum absolute atomic E-state index is 12.2. The highest BCUT2D eigenvalue weighted by atomic mass is 16.2. The molecule has 1 aliphatic rings. The molecule has 3 rings (SSSR count). The lowest BCUT2D eigenvalue weighted by molar-refractivity contribution is -0.123. The first-order valence-corrected chi connectivity index (χ1v) is 9.96. The largest absolute Gasteiger partial charge is 0.372 e. The third kappa shape index (κ3) is 5.91. The molecular weight excluding hydrogens is 366 g/mol. The maximum atomic E-state index is 12.2. The van der Waals surface area contributed by atoms with Gasteiger partial charge >= 0.3 is 0 Å². The van der Waals surface area contributed by atoms with Crippen LogP contribution in [-0.2, 0) is 9.59 Å². The fraction of sp³-hybridized carbons (Fsp3) is 0.348. The summed E-state index contributed by atoms with van der Waals surface area (Å²) in [4.78, 5) is 38.1. The summed E-state index contributed by atoms with van der Waals surface area (Å²) in [5.41, 5.74) is 2.82. The van der Waals surface area contributed by atoms with Gasteiger partial charge in [-0.1, -0.05) is 19.1 Å². The van der Waals surface area contributed by atoms with Crippen molar-refractivity contribution < 1.29 is 14.4 Å². The average Bonchev–Trinajstić information content (AvgIpc) is 2.69. The minimum atomic E-state index is -0.428. The van der Waals surface area contributed by atoms with Crippen LogP contribution in [0.4, 0.5) is 17.1 Å². The number of piperidine rings is 1. The van der Waals surface area contributed by atoms with Crippen LogP contribution in [0.25, 0.3) is 0 Å². The van der Waals surface area contributed by atoms with Crippen LogP contribution in [0.3, 0.4) is 0 Å². The molecule has 0 atom stereocenters. The highest BCUT2D eigenvalue weighted by Gasteiger charge is 2.16. The van der Waals surface area contributed by atoms with Crippen LogP contribution < -0.4 is 15.5 Å².